The fraction of sp³-hybridized carbons (Fsp3) is 0.467. The maximum atomic E-state index is 8.98. The summed E-state index contributed by atoms with van der Waals surface area (Å²) in [5.74, 6) is 0.887. The Balaban J connectivity index is 2.57. The lowest BCUT2D eigenvalue weighted by Gasteiger charge is -2.18. The summed E-state index contributed by atoms with van der Waals surface area (Å²) in [6.45, 7) is 4.95. The molecule has 0 bridgehead atoms. The second-order valence-electron chi connectivity index (χ2n) is 4.17. The van der Waals surface area contributed by atoms with Crippen LogP contribution in [0.25, 0.3) is 6.08 Å². The van der Waals surface area contributed by atoms with Crippen molar-refractivity contribution >= 4 is 6.08 Å². The first kappa shape index (κ1) is 14.7. The van der Waals surface area contributed by atoms with Crippen LogP contribution < -0.4 is 4.74 Å². The molecule has 1 rings (SSSR count). The van der Waals surface area contributed by atoms with Crippen LogP contribution in [0.5, 0.6) is 5.75 Å². The molecule has 0 heterocycles. The molecular weight excluding hydrogens is 226 g/mol. The molecule has 0 aliphatic heterocycles. The number of benzene rings is 1. The predicted molar refractivity (Wildman–Crippen MR) is 75.8 cm³/mol. The minimum absolute atomic E-state index is 0.211. The fourth-order valence-corrected chi connectivity index (χ4v) is 1.88. The molecule has 0 amide bonds. The van der Waals surface area contributed by atoms with Gasteiger partial charge >= 0.3 is 0 Å². The number of hydrogen-bond donors (Lipinski definition) is 1. The summed E-state index contributed by atoms with van der Waals surface area (Å²) in [4.78, 5) is 2.23. The highest BCUT2D eigenvalue weighted by Gasteiger charge is 2.00. The van der Waals surface area contributed by atoms with Crippen LogP contribution in [0.2, 0.25) is 0 Å². The van der Waals surface area contributed by atoms with E-state index in [1.165, 1.54) is 0 Å². The molecule has 0 aliphatic rings. The Morgan fingerprint density at radius 2 is 2.06 bits per heavy atom. The molecule has 0 aromatic heterocycles. The van der Waals surface area contributed by atoms with Gasteiger partial charge in [0.05, 0.1) is 13.7 Å². The number of aliphatic hydroxyl groups excluding tert-OH is 1. The third-order valence-electron chi connectivity index (χ3n) is 2.76. The zero-order chi connectivity index (χ0) is 13.2. The van der Waals surface area contributed by atoms with Crippen LogP contribution in [0.15, 0.2) is 30.3 Å². The number of rotatable bonds is 8. The zero-order valence-electron chi connectivity index (χ0n) is 11.3. The third kappa shape index (κ3) is 4.90. The predicted octanol–water partition coefficient (Wildman–Crippen LogP) is 2.41. The summed E-state index contributed by atoms with van der Waals surface area (Å²) in [5, 5.41) is 8.98. The first-order chi connectivity index (χ1) is 8.81. The van der Waals surface area contributed by atoms with Gasteiger partial charge in [0.2, 0.25) is 0 Å². The monoisotopic (exact) mass is 249 g/mol. The summed E-state index contributed by atoms with van der Waals surface area (Å²) >= 11 is 0. The fourth-order valence-electron chi connectivity index (χ4n) is 1.88. The van der Waals surface area contributed by atoms with E-state index in [-0.39, 0.29) is 6.61 Å². The Kier molecular flexibility index (Phi) is 7.14. The van der Waals surface area contributed by atoms with Crippen molar-refractivity contribution in [3.05, 3.63) is 35.9 Å². The van der Waals surface area contributed by atoms with Crippen LogP contribution in [-0.2, 0) is 0 Å². The van der Waals surface area contributed by atoms with E-state index in [1.54, 1.807) is 7.11 Å². The largest absolute Gasteiger partial charge is 0.496 e. The standard InChI is InChI=1S/C15H23NO2/c1-3-10-16(12-13-17)11-6-8-14-7-4-5-9-15(14)18-2/h4-9,17H,3,10-13H2,1-2H3. The SMILES string of the molecule is CCCN(CC=Cc1ccccc1OC)CCO. The molecule has 1 aromatic carbocycles. The Bertz CT molecular complexity index is 357. The van der Waals surface area contributed by atoms with Gasteiger partial charge in [0.15, 0.2) is 0 Å². The zero-order valence-corrected chi connectivity index (χ0v) is 11.3. The molecule has 1 N–H and O–H groups in total. The molecule has 0 atom stereocenters. The third-order valence-corrected chi connectivity index (χ3v) is 2.76. The summed E-state index contributed by atoms with van der Waals surface area (Å²) < 4.78 is 5.29. The minimum Gasteiger partial charge on any atom is -0.496 e. The van der Waals surface area contributed by atoms with Crippen LogP contribution in [0, 0.1) is 0 Å². The Hall–Kier alpha value is -1.32. The van der Waals surface area contributed by atoms with E-state index in [0.29, 0.717) is 0 Å². The van der Waals surface area contributed by atoms with Gasteiger partial charge in [0, 0.05) is 18.7 Å². The number of ether oxygens (including phenoxy) is 1. The normalized spacial score (nSPS) is 11.3. The van der Waals surface area contributed by atoms with E-state index in [9.17, 15) is 0 Å². The molecule has 100 valence electrons. The number of methoxy groups -OCH3 is 1. The van der Waals surface area contributed by atoms with Gasteiger partial charge in [-0.3, -0.25) is 4.90 Å². The molecule has 0 saturated carbocycles. The van der Waals surface area contributed by atoms with E-state index >= 15 is 0 Å². The first-order valence-corrected chi connectivity index (χ1v) is 6.44. The van der Waals surface area contributed by atoms with Crippen molar-refractivity contribution in [2.45, 2.75) is 13.3 Å². The van der Waals surface area contributed by atoms with Crippen molar-refractivity contribution in [2.75, 3.05) is 33.4 Å². The highest BCUT2D eigenvalue weighted by atomic mass is 16.5. The average Bonchev–Trinajstić information content (AvgIpc) is 2.40. The second kappa shape index (κ2) is 8.72. The highest BCUT2D eigenvalue weighted by molar-refractivity contribution is 5.57. The van der Waals surface area contributed by atoms with Gasteiger partial charge in [-0.25, -0.2) is 0 Å². The maximum absolute atomic E-state index is 8.98. The molecule has 0 aliphatic carbocycles. The van der Waals surface area contributed by atoms with Crippen LogP contribution in [0.1, 0.15) is 18.9 Å². The van der Waals surface area contributed by atoms with Crippen LogP contribution >= 0.6 is 0 Å². The molecule has 0 unspecified atom stereocenters. The lowest BCUT2D eigenvalue weighted by atomic mass is 10.2. The molecule has 0 radical (unpaired) electrons. The number of aliphatic hydroxyl groups is 1. The average molecular weight is 249 g/mol. The van der Waals surface area contributed by atoms with Gasteiger partial charge in [-0.2, -0.15) is 0 Å². The van der Waals surface area contributed by atoms with Gasteiger partial charge in [-0.1, -0.05) is 37.3 Å². The summed E-state index contributed by atoms with van der Waals surface area (Å²) in [5.41, 5.74) is 1.08. The maximum Gasteiger partial charge on any atom is 0.126 e. The van der Waals surface area contributed by atoms with Gasteiger partial charge in [-0.05, 0) is 19.0 Å². The lowest BCUT2D eigenvalue weighted by molar-refractivity contribution is 0.209. The smallest absolute Gasteiger partial charge is 0.126 e. The first-order valence-electron chi connectivity index (χ1n) is 6.44. The summed E-state index contributed by atoms with van der Waals surface area (Å²) in [7, 11) is 1.68. The minimum atomic E-state index is 0.211. The molecule has 1 aromatic rings. The highest BCUT2D eigenvalue weighted by Crippen LogP contribution is 2.18. The Labute approximate surface area is 110 Å². The van der Waals surface area contributed by atoms with E-state index in [0.717, 1.165) is 37.4 Å². The van der Waals surface area contributed by atoms with Gasteiger partial charge in [0.1, 0.15) is 5.75 Å². The van der Waals surface area contributed by atoms with Crippen molar-refractivity contribution in [1.82, 2.24) is 4.90 Å². The van der Waals surface area contributed by atoms with Gasteiger partial charge < -0.3 is 9.84 Å². The lowest BCUT2D eigenvalue weighted by Crippen LogP contribution is -2.27. The van der Waals surface area contributed by atoms with Crippen molar-refractivity contribution < 1.29 is 9.84 Å². The van der Waals surface area contributed by atoms with E-state index in [4.69, 9.17) is 9.84 Å². The van der Waals surface area contributed by atoms with Crippen molar-refractivity contribution in [3.8, 4) is 5.75 Å². The summed E-state index contributed by atoms with van der Waals surface area (Å²) in [6, 6.07) is 7.95. The topological polar surface area (TPSA) is 32.7 Å². The Morgan fingerprint density at radius 1 is 1.28 bits per heavy atom. The number of para-hydroxylation sites is 1. The van der Waals surface area contributed by atoms with Crippen LogP contribution in [0.4, 0.5) is 0 Å². The van der Waals surface area contributed by atoms with E-state index in [2.05, 4.69) is 24.0 Å². The second-order valence-corrected chi connectivity index (χ2v) is 4.17. The molecule has 18 heavy (non-hydrogen) atoms. The van der Waals surface area contributed by atoms with Crippen molar-refractivity contribution in [2.24, 2.45) is 0 Å². The Morgan fingerprint density at radius 3 is 2.72 bits per heavy atom. The molecule has 0 fully saturated rings. The van der Waals surface area contributed by atoms with Crippen molar-refractivity contribution in [1.29, 1.82) is 0 Å². The van der Waals surface area contributed by atoms with E-state index in [1.807, 2.05) is 24.3 Å². The van der Waals surface area contributed by atoms with Crippen LogP contribution in [-0.4, -0.2) is 43.4 Å². The molecule has 3 nitrogen and oxygen atoms in total. The summed E-state index contributed by atoms with van der Waals surface area (Å²) in [6.07, 6.45) is 5.28. The van der Waals surface area contributed by atoms with Crippen molar-refractivity contribution in [3.63, 3.8) is 0 Å². The molecular formula is C15H23NO2. The van der Waals surface area contributed by atoms with E-state index < -0.39 is 0 Å². The van der Waals surface area contributed by atoms with Gasteiger partial charge in [0.25, 0.3) is 0 Å². The van der Waals surface area contributed by atoms with Gasteiger partial charge in [-0.15, -0.1) is 0 Å². The number of hydrogen-bond acceptors (Lipinski definition) is 3. The molecule has 0 spiro atoms. The number of nitrogens with zero attached hydrogens (tertiary/aromatic N) is 1. The molecule has 0 saturated heterocycles. The molecule has 3 heteroatoms. The quantitative estimate of drug-likeness (QED) is 0.768. The van der Waals surface area contributed by atoms with Crippen LogP contribution in [0.3, 0.4) is 0 Å².